The Labute approximate surface area is 168 Å². The quantitative estimate of drug-likeness (QED) is 0.570. The van der Waals surface area contributed by atoms with E-state index in [1.54, 1.807) is 12.1 Å². The number of benzene rings is 2. The van der Waals surface area contributed by atoms with Crippen LogP contribution in [0.4, 0.5) is 4.39 Å². The van der Waals surface area contributed by atoms with Gasteiger partial charge < -0.3 is 4.74 Å². The van der Waals surface area contributed by atoms with Crippen LogP contribution in [-0.2, 0) is 4.74 Å². The first-order valence-corrected chi connectivity index (χ1v) is 10.7. The Morgan fingerprint density at radius 1 is 0.821 bits per heavy atom. The lowest BCUT2D eigenvalue weighted by Crippen LogP contribution is -2.33. The van der Waals surface area contributed by atoms with E-state index < -0.39 is 0 Å². The van der Waals surface area contributed by atoms with Crippen molar-refractivity contribution in [3.05, 3.63) is 71.0 Å². The van der Waals surface area contributed by atoms with Gasteiger partial charge >= 0.3 is 0 Å². The van der Waals surface area contributed by atoms with Crippen LogP contribution in [0.5, 0.6) is 0 Å². The first-order valence-electron chi connectivity index (χ1n) is 10.7. The third-order valence-corrected chi connectivity index (χ3v) is 6.54. The molecule has 0 spiro atoms. The second kappa shape index (κ2) is 8.93. The Bertz CT molecular complexity index is 827. The van der Waals surface area contributed by atoms with Crippen LogP contribution in [0, 0.1) is 29.5 Å². The summed E-state index contributed by atoms with van der Waals surface area (Å²) in [6.45, 7) is 2.96. The van der Waals surface area contributed by atoms with Gasteiger partial charge in [0.2, 0.25) is 0 Å². The second-order valence-electron chi connectivity index (χ2n) is 8.30. The summed E-state index contributed by atoms with van der Waals surface area (Å²) in [6.07, 6.45) is 8.28. The molecule has 0 aromatic heterocycles. The van der Waals surface area contributed by atoms with Crippen molar-refractivity contribution in [3.8, 4) is 11.8 Å². The zero-order valence-corrected chi connectivity index (χ0v) is 16.7. The van der Waals surface area contributed by atoms with Crippen molar-refractivity contribution < 1.29 is 9.13 Å². The summed E-state index contributed by atoms with van der Waals surface area (Å²) in [4.78, 5) is 0. The Kier molecular flexibility index (Phi) is 6.13. The Morgan fingerprint density at radius 3 is 2.11 bits per heavy atom. The minimum Gasteiger partial charge on any atom is -0.378 e. The van der Waals surface area contributed by atoms with Crippen molar-refractivity contribution in [2.75, 3.05) is 6.61 Å². The van der Waals surface area contributed by atoms with E-state index >= 15 is 0 Å². The van der Waals surface area contributed by atoms with Crippen LogP contribution in [0.15, 0.2) is 48.5 Å². The number of halogens is 1. The highest BCUT2D eigenvalue weighted by Gasteiger charge is 2.36. The van der Waals surface area contributed by atoms with Gasteiger partial charge in [0.25, 0.3) is 0 Å². The molecule has 146 valence electrons. The van der Waals surface area contributed by atoms with E-state index in [0.29, 0.717) is 12.0 Å². The lowest BCUT2D eigenvalue weighted by atomic mass is 9.65. The molecule has 2 aliphatic carbocycles. The molecule has 0 heterocycles. The highest BCUT2D eigenvalue weighted by atomic mass is 19.1. The number of hydrogen-bond acceptors (Lipinski definition) is 1. The molecule has 2 aromatic carbocycles. The number of hydrogen-bond donors (Lipinski definition) is 0. The number of rotatable bonds is 3. The van der Waals surface area contributed by atoms with Gasteiger partial charge in [-0.3, -0.25) is 0 Å². The lowest BCUT2D eigenvalue weighted by Gasteiger charge is -2.42. The summed E-state index contributed by atoms with van der Waals surface area (Å²) >= 11 is 0. The fourth-order valence-electron chi connectivity index (χ4n) is 5.05. The van der Waals surface area contributed by atoms with Crippen molar-refractivity contribution in [2.24, 2.45) is 11.8 Å². The molecule has 2 saturated carbocycles. The fourth-order valence-corrected chi connectivity index (χ4v) is 5.05. The smallest absolute Gasteiger partial charge is 0.123 e. The van der Waals surface area contributed by atoms with Gasteiger partial charge in [0, 0.05) is 17.7 Å². The van der Waals surface area contributed by atoms with Crippen molar-refractivity contribution in [2.45, 2.75) is 57.5 Å². The van der Waals surface area contributed by atoms with E-state index in [0.717, 1.165) is 29.6 Å². The van der Waals surface area contributed by atoms with E-state index in [1.807, 2.05) is 0 Å². The minimum atomic E-state index is -0.226. The second-order valence-corrected chi connectivity index (χ2v) is 8.30. The van der Waals surface area contributed by atoms with E-state index in [4.69, 9.17) is 4.74 Å². The Hall–Kier alpha value is -2.11. The van der Waals surface area contributed by atoms with Gasteiger partial charge in [-0.05, 0) is 105 Å². The maximum Gasteiger partial charge on any atom is 0.123 e. The monoisotopic (exact) mass is 376 g/mol. The molecule has 2 fully saturated rings. The molecule has 4 rings (SSSR count). The van der Waals surface area contributed by atoms with E-state index in [-0.39, 0.29) is 5.82 Å². The van der Waals surface area contributed by atoms with Crippen LogP contribution >= 0.6 is 0 Å². The number of fused-ring (bicyclic) bond motifs is 1. The van der Waals surface area contributed by atoms with Crippen molar-refractivity contribution >= 4 is 0 Å². The van der Waals surface area contributed by atoms with Crippen LogP contribution in [-0.4, -0.2) is 12.7 Å². The fraction of sp³-hybridized carbons (Fsp3) is 0.462. The van der Waals surface area contributed by atoms with Gasteiger partial charge in [0.05, 0.1) is 6.10 Å². The molecule has 0 N–H and O–H groups in total. The summed E-state index contributed by atoms with van der Waals surface area (Å²) < 4.78 is 18.9. The average Bonchev–Trinajstić information content (AvgIpc) is 2.74. The lowest BCUT2D eigenvalue weighted by molar-refractivity contribution is -0.00955. The van der Waals surface area contributed by atoms with Crippen LogP contribution in [0.2, 0.25) is 0 Å². The van der Waals surface area contributed by atoms with Crippen LogP contribution in [0.1, 0.15) is 68.1 Å². The third-order valence-electron chi connectivity index (χ3n) is 6.54. The largest absolute Gasteiger partial charge is 0.378 e. The minimum absolute atomic E-state index is 0.226. The molecular formula is C26H29FO. The standard InChI is InChI=1S/C26H29FO/c1-2-28-26-16-13-23-17-22(11-12-24(23)18-26)21-9-5-19(6-10-21)3-4-20-7-14-25(27)15-8-20/h5-10,14-15,22-24,26H,2,11-13,16-18H2,1H3/t22?,23-,24?,26-/m1/s1. The summed E-state index contributed by atoms with van der Waals surface area (Å²) in [5.41, 5.74) is 3.31. The predicted octanol–water partition coefficient (Wildman–Crippen LogP) is 6.31. The zero-order chi connectivity index (χ0) is 19.3. The highest BCUT2D eigenvalue weighted by molar-refractivity contribution is 5.43. The Balaban J connectivity index is 1.37. The van der Waals surface area contributed by atoms with Crippen LogP contribution < -0.4 is 0 Å². The topological polar surface area (TPSA) is 9.23 Å². The molecule has 2 aliphatic rings. The summed E-state index contributed by atoms with van der Waals surface area (Å²) in [5.74, 6) is 8.49. The van der Waals surface area contributed by atoms with Gasteiger partial charge in [-0.15, -0.1) is 0 Å². The third kappa shape index (κ3) is 4.65. The maximum absolute atomic E-state index is 13.0. The van der Waals surface area contributed by atoms with Crippen molar-refractivity contribution in [1.29, 1.82) is 0 Å². The molecule has 0 amide bonds. The van der Waals surface area contributed by atoms with Crippen molar-refractivity contribution in [3.63, 3.8) is 0 Å². The number of ether oxygens (including phenoxy) is 1. The normalized spacial score (nSPS) is 26.8. The molecule has 2 unspecified atom stereocenters. The summed E-state index contributed by atoms with van der Waals surface area (Å²) in [5, 5.41) is 0. The summed E-state index contributed by atoms with van der Waals surface area (Å²) in [7, 11) is 0. The molecule has 1 nitrogen and oxygen atoms in total. The SMILES string of the molecule is CCO[C@@H]1CC[C@@H]2CC(c3ccc(C#Cc4ccc(F)cc4)cc3)CCC2C1. The zero-order valence-electron chi connectivity index (χ0n) is 16.7. The maximum atomic E-state index is 13.0. The van der Waals surface area contributed by atoms with Crippen LogP contribution in [0.3, 0.4) is 0 Å². The highest BCUT2D eigenvalue weighted by Crippen LogP contribution is 2.46. The molecule has 2 heteroatoms. The van der Waals surface area contributed by atoms with Gasteiger partial charge in [-0.2, -0.15) is 0 Å². The van der Waals surface area contributed by atoms with E-state index in [1.165, 1.54) is 56.2 Å². The van der Waals surface area contributed by atoms with Gasteiger partial charge in [-0.1, -0.05) is 24.0 Å². The average molecular weight is 377 g/mol. The van der Waals surface area contributed by atoms with Crippen molar-refractivity contribution in [1.82, 2.24) is 0 Å². The Morgan fingerprint density at radius 2 is 1.43 bits per heavy atom. The molecule has 0 bridgehead atoms. The van der Waals surface area contributed by atoms with E-state index in [9.17, 15) is 4.39 Å². The van der Waals surface area contributed by atoms with Gasteiger partial charge in [0.1, 0.15) is 5.82 Å². The first-order chi connectivity index (χ1) is 13.7. The van der Waals surface area contributed by atoms with E-state index in [2.05, 4.69) is 43.0 Å². The molecule has 28 heavy (non-hydrogen) atoms. The molecular weight excluding hydrogens is 347 g/mol. The summed E-state index contributed by atoms with van der Waals surface area (Å²) in [6, 6.07) is 15.1. The van der Waals surface area contributed by atoms with Crippen LogP contribution in [0.25, 0.3) is 0 Å². The molecule has 0 radical (unpaired) electrons. The van der Waals surface area contributed by atoms with Gasteiger partial charge in [0.15, 0.2) is 0 Å². The molecule has 0 saturated heterocycles. The molecule has 2 aromatic rings. The predicted molar refractivity (Wildman–Crippen MR) is 112 cm³/mol. The first kappa shape index (κ1) is 19.2. The van der Waals surface area contributed by atoms with Gasteiger partial charge in [-0.25, -0.2) is 4.39 Å². The molecule has 0 aliphatic heterocycles. The molecule has 4 atom stereocenters.